The summed E-state index contributed by atoms with van der Waals surface area (Å²) in [6.45, 7) is 0.330. The molecule has 144 valence electrons. The summed E-state index contributed by atoms with van der Waals surface area (Å²) in [5, 5.41) is 0.488. The third kappa shape index (κ3) is 4.19. The number of amides is 1. The average molecular weight is 388 g/mol. The van der Waals surface area contributed by atoms with Crippen LogP contribution in [-0.2, 0) is 13.1 Å². The molecule has 7 heteroatoms. The average Bonchev–Trinajstić information content (AvgIpc) is 2.75. The molecule has 0 atom stereocenters. The van der Waals surface area contributed by atoms with Crippen molar-refractivity contribution in [2.75, 3.05) is 0 Å². The summed E-state index contributed by atoms with van der Waals surface area (Å²) >= 11 is 0. The van der Waals surface area contributed by atoms with E-state index in [-0.39, 0.29) is 30.4 Å². The maximum atomic E-state index is 13.3. The van der Waals surface area contributed by atoms with Crippen LogP contribution in [-0.4, -0.2) is 25.8 Å². The molecule has 0 unspecified atom stereocenters. The van der Waals surface area contributed by atoms with Crippen molar-refractivity contribution in [3.8, 4) is 0 Å². The number of H-pyrrole nitrogens is 1. The van der Waals surface area contributed by atoms with Crippen molar-refractivity contribution in [2.45, 2.75) is 13.1 Å². The van der Waals surface area contributed by atoms with E-state index in [1.54, 1.807) is 65.8 Å². The number of para-hydroxylation sites is 1. The van der Waals surface area contributed by atoms with Crippen molar-refractivity contribution >= 4 is 16.8 Å². The fourth-order valence-electron chi connectivity index (χ4n) is 3.08. The Kier molecular flexibility index (Phi) is 5.11. The molecule has 0 aliphatic carbocycles. The van der Waals surface area contributed by atoms with Gasteiger partial charge in [0.2, 0.25) is 0 Å². The second-order valence-electron chi connectivity index (χ2n) is 6.55. The maximum absolute atomic E-state index is 13.3. The van der Waals surface area contributed by atoms with Crippen LogP contribution in [0.4, 0.5) is 4.39 Å². The topological polar surface area (TPSA) is 79.0 Å². The first-order valence-electron chi connectivity index (χ1n) is 9.02. The molecular formula is C22H17FN4O2. The molecule has 29 heavy (non-hydrogen) atoms. The number of hydrogen-bond donors (Lipinski definition) is 1. The monoisotopic (exact) mass is 388 g/mol. The summed E-state index contributed by atoms with van der Waals surface area (Å²) in [5.41, 5.74) is 1.52. The van der Waals surface area contributed by atoms with Gasteiger partial charge in [-0.25, -0.2) is 9.37 Å². The number of benzene rings is 2. The molecule has 0 aliphatic rings. The lowest BCUT2D eigenvalue weighted by Crippen LogP contribution is -2.31. The molecule has 0 radical (unpaired) electrons. The highest BCUT2D eigenvalue weighted by Gasteiger charge is 2.18. The van der Waals surface area contributed by atoms with Gasteiger partial charge < -0.3 is 9.88 Å². The van der Waals surface area contributed by atoms with Gasteiger partial charge in [-0.15, -0.1) is 0 Å². The Morgan fingerprint density at radius 1 is 0.966 bits per heavy atom. The van der Waals surface area contributed by atoms with Crippen LogP contribution in [0.25, 0.3) is 10.9 Å². The predicted octanol–water partition coefficient (Wildman–Crippen LogP) is 3.30. The van der Waals surface area contributed by atoms with Crippen LogP contribution in [0.2, 0.25) is 0 Å². The molecule has 2 heterocycles. The predicted molar refractivity (Wildman–Crippen MR) is 107 cm³/mol. The SMILES string of the molecule is O=C(c1ccncc1)N(Cc1ccc(F)cc1)Cc1nc2ccccc2c(=O)[nH]1. The molecule has 1 amide bonds. The largest absolute Gasteiger partial charge is 0.327 e. The van der Waals surface area contributed by atoms with Gasteiger partial charge in [0.1, 0.15) is 11.6 Å². The number of nitrogens with one attached hydrogen (secondary N) is 1. The zero-order valence-electron chi connectivity index (χ0n) is 15.4. The summed E-state index contributed by atoms with van der Waals surface area (Å²) in [4.78, 5) is 38.2. The molecule has 2 aromatic heterocycles. The van der Waals surface area contributed by atoms with Gasteiger partial charge in [-0.2, -0.15) is 0 Å². The molecule has 0 aliphatic heterocycles. The highest BCUT2D eigenvalue weighted by atomic mass is 19.1. The molecule has 2 aromatic carbocycles. The third-order valence-electron chi connectivity index (χ3n) is 4.50. The normalized spacial score (nSPS) is 10.8. The van der Waals surface area contributed by atoms with Gasteiger partial charge in [-0.3, -0.25) is 14.6 Å². The van der Waals surface area contributed by atoms with Gasteiger partial charge in [0.05, 0.1) is 17.4 Å². The van der Waals surface area contributed by atoms with Crippen molar-refractivity contribution < 1.29 is 9.18 Å². The zero-order valence-corrected chi connectivity index (χ0v) is 15.4. The number of hydrogen-bond acceptors (Lipinski definition) is 4. The van der Waals surface area contributed by atoms with E-state index in [0.29, 0.717) is 22.3 Å². The van der Waals surface area contributed by atoms with Gasteiger partial charge in [0, 0.05) is 24.5 Å². The van der Waals surface area contributed by atoms with Crippen LogP contribution in [0.15, 0.2) is 77.9 Å². The van der Waals surface area contributed by atoms with Gasteiger partial charge in [0.15, 0.2) is 0 Å². The summed E-state index contributed by atoms with van der Waals surface area (Å²) in [6.07, 6.45) is 3.08. The van der Waals surface area contributed by atoms with Crippen LogP contribution in [0.3, 0.4) is 0 Å². The van der Waals surface area contributed by atoms with E-state index >= 15 is 0 Å². The second kappa shape index (κ2) is 8.02. The molecule has 0 spiro atoms. The molecular weight excluding hydrogens is 371 g/mol. The molecule has 6 nitrogen and oxygen atoms in total. The van der Waals surface area contributed by atoms with Crippen LogP contribution in [0.5, 0.6) is 0 Å². The van der Waals surface area contributed by atoms with Crippen molar-refractivity contribution in [2.24, 2.45) is 0 Å². The summed E-state index contributed by atoms with van der Waals surface area (Å²) in [5.74, 6) is -0.216. The lowest BCUT2D eigenvalue weighted by molar-refractivity contribution is 0.0725. The highest BCUT2D eigenvalue weighted by Crippen LogP contribution is 2.14. The first-order chi connectivity index (χ1) is 14.1. The number of nitrogens with zero attached hydrogens (tertiary/aromatic N) is 3. The Morgan fingerprint density at radius 2 is 1.69 bits per heavy atom. The molecule has 4 rings (SSSR count). The van der Waals surface area contributed by atoms with Gasteiger partial charge in [-0.05, 0) is 42.0 Å². The number of halogens is 1. The van der Waals surface area contributed by atoms with Crippen molar-refractivity contribution in [3.63, 3.8) is 0 Å². The lowest BCUT2D eigenvalue weighted by Gasteiger charge is -2.22. The fraction of sp³-hybridized carbons (Fsp3) is 0.0909. The van der Waals surface area contributed by atoms with Crippen LogP contribution >= 0.6 is 0 Å². The number of pyridine rings is 1. The van der Waals surface area contributed by atoms with Gasteiger partial charge in [0.25, 0.3) is 11.5 Å². The van der Waals surface area contributed by atoms with Gasteiger partial charge >= 0.3 is 0 Å². The number of aromatic amines is 1. The Labute approximate surface area is 165 Å². The first-order valence-corrected chi connectivity index (χ1v) is 9.02. The van der Waals surface area contributed by atoms with Crippen molar-refractivity contribution in [1.29, 1.82) is 0 Å². The minimum atomic E-state index is -0.346. The third-order valence-corrected chi connectivity index (χ3v) is 4.50. The summed E-state index contributed by atoms with van der Waals surface area (Å²) in [6, 6.07) is 16.2. The van der Waals surface area contributed by atoms with E-state index < -0.39 is 0 Å². The number of fused-ring (bicyclic) bond motifs is 1. The minimum Gasteiger partial charge on any atom is -0.327 e. The van der Waals surface area contributed by atoms with E-state index in [4.69, 9.17) is 0 Å². The first kappa shape index (κ1) is 18.5. The van der Waals surface area contributed by atoms with Crippen molar-refractivity contribution in [3.05, 3.63) is 106 Å². The maximum Gasteiger partial charge on any atom is 0.258 e. The standard InChI is InChI=1S/C22H17FN4O2/c23-17-7-5-15(6-8-17)13-27(22(29)16-9-11-24-12-10-16)14-20-25-19-4-2-1-3-18(19)21(28)26-20/h1-12H,13-14H2,(H,25,26,28). The number of carbonyl (C=O) groups excluding carboxylic acids is 1. The van der Waals surface area contributed by atoms with E-state index in [9.17, 15) is 14.0 Å². The van der Waals surface area contributed by atoms with Crippen LogP contribution in [0, 0.1) is 5.82 Å². The molecule has 4 aromatic rings. The number of rotatable bonds is 5. The summed E-state index contributed by atoms with van der Waals surface area (Å²) < 4.78 is 13.3. The Morgan fingerprint density at radius 3 is 2.45 bits per heavy atom. The highest BCUT2D eigenvalue weighted by molar-refractivity contribution is 5.94. The Balaban J connectivity index is 1.69. The second-order valence-corrected chi connectivity index (χ2v) is 6.55. The minimum absolute atomic E-state index is 0.0958. The number of aromatic nitrogens is 3. The van der Waals surface area contributed by atoms with Crippen molar-refractivity contribution in [1.82, 2.24) is 19.9 Å². The lowest BCUT2D eigenvalue weighted by atomic mass is 10.1. The van der Waals surface area contributed by atoms with E-state index in [1.807, 2.05) is 0 Å². The van der Waals surface area contributed by atoms with E-state index in [2.05, 4.69) is 15.0 Å². The molecule has 0 bridgehead atoms. The Bertz CT molecular complexity index is 1210. The Hall–Kier alpha value is -3.87. The molecule has 0 saturated carbocycles. The van der Waals surface area contributed by atoms with Crippen LogP contribution < -0.4 is 5.56 Å². The van der Waals surface area contributed by atoms with E-state index in [0.717, 1.165) is 5.56 Å². The number of carbonyl (C=O) groups is 1. The molecule has 0 saturated heterocycles. The summed E-state index contributed by atoms with van der Waals surface area (Å²) in [7, 11) is 0. The molecule has 0 fully saturated rings. The quantitative estimate of drug-likeness (QED) is 0.569. The zero-order chi connectivity index (χ0) is 20.2. The van der Waals surface area contributed by atoms with E-state index in [1.165, 1.54) is 12.1 Å². The molecule has 1 N–H and O–H groups in total. The van der Waals surface area contributed by atoms with Gasteiger partial charge in [-0.1, -0.05) is 24.3 Å². The smallest absolute Gasteiger partial charge is 0.258 e. The fourth-order valence-corrected chi connectivity index (χ4v) is 3.08. The van der Waals surface area contributed by atoms with Crippen LogP contribution in [0.1, 0.15) is 21.7 Å².